The number of hydrogen-bond donors (Lipinski definition) is 2. The average molecular weight is 137 g/mol. The van der Waals surface area contributed by atoms with Crippen LogP contribution in [0.15, 0.2) is 0 Å². The minimum atomic E-state index is -2.43. The van der Waals surface area contributed by atoms with Gasteiger partial charge in [0.15, 0.2) is 5.96 Å². The molecule has 0 radical (unpaired) electrons. The van der Waals surface area contributed by atoms with E-state index < -0.39 is 13.0 Å². The van der Waals surface area contributed by atoms with E-state index in [4.69, 9.17) is 11.1 Å². The van der Waals surface area contributed by atoms with Gasteiger partial charge in [0.2, 0.25) is 0 Å². The van der Waals surface area contributed by atoms with E-state index in [1.54, 1.807) is 0 Å². The molecule has 0 fully saturated rings. The molecule has 3 nitrogen and oxygen atoms in total. The van der Waals surface area contributed by atoms with Gasteiger partial charge in [-0.2, -0.15) is 0 Å². The lowest BCUT2D eigenvalue weighted by Crippen LogP contribution is -2.36. The normalized spacial score (nSPS) is 9.78. The standard InChI is InChI=1S/C4H9F2N3/c1-9(4(7)8)2-3(5)6/h3H,2H2,1H3,(H3,7,8). The highest BCUT2D eigenvalue weighted by Gasteiger charge is 2.07. The van der Waals surface area contributed by atoms with Crippen LogP contribution in [0.1, 0.15) is 0 Å². The van der Waals surface area contributed by atoms with Crippen molar-refractivity contribution >= 4 is 5.96 Å². The first kappa shape index (κ1) is 8.13. The highest BCUT2D eigenvalue weighted by atomic mass is 19.3. The predicted molar refractivity (Wildman–Crippen MR) is 30.5 cm³/mol. The van der Waals surface area contributed by atoms with Crippen LogP contribution in [0.2, 0.25) is 0 Å². The Morgan fingerprint density at radius 1 is 1.78 bits per heavy atom. The minimum absolute atomic E-state index is 0.338. The third-order valence-electron chi connectivity index (χ3n) is 0.823. The molecule has 0 heterocycles. The second-order valence-electron chi connectivity index (χ2n) is 1.66. The summed E-state index contributed by atoms with van der Waals surface area (Å²) in [5.41, 5.74) is 4.86. The molecule has 0 aromatic heterocycles. The Hall–Kier alpha value is -0.870. The summed E-state index contributed by atoms with van der Waals surface area (Å²) in [7, 11) is 1.34. The van der Waals surface area contributed by atoms with E-state index >= 15 is 0 Å². The van der Waals surface area contributed by atoms with E-state index in [9.17, 15) is 8.78 Å². The van der Waals surface area contributed by atoms with Crippen molar-refractivity contribution in [3.8, 4) is 0 Å². The van der Waals surface area contributed by atoms with Crippen LogP contribution in [-0.4, -0.2) is 30.9 Å². The average Bonchev–Trinajstić information content (AvgIpc) is 1.63. The van der Waals surface area contributed by atoms with Gasteiger partial charge in [0, 0.05) is 7.05 Å². The van der Waals surface area contributed by atoms with Gasteiger partial charge in [0.25, 0.3) is 6.43 Å². The molecule has 0 saturated carbocycles. The molecule has 0 aliphatic rings. The van der Waals surface area contributed by atoms with Crippen molar-refractivity contribution in [1.29, 1.82) is 5.41 Å². The highest BCUT2D eigenvalue weighted by Crippen LogP contribution is 1.93. The van der Waals surface area contributed by atoms with Gasteiger partial charge in [-0.3, -0.25) is 5.41 Å². The third-order valence-corrected chi connectivity index (χ3v) is 0.823. The Morgan fingerprint density at radius 2 is 2.22 bits per heavy atom. The van der Waals surface area contributed by atoms with Crippen LogP contribution in [0.3, 0.4) is 0 Å². The van der Waals surface area contributed by atoms with Crippen molar-refractivity contribution in [2.75, 3.05) is 13.6 Å². The summed E-state index contributed by atoms with van der Waals surface area (Å²) in [6.07, 6.45) is -2.43. The van der Waals surface area contributed by atoms with E-state index in [1.165, 1.54) is 7.05 Å². The topological polar surface area (TPSA) is 53.1 Å². The number of hydrogen-bond acceptors (Lipinski definition) is 1. The fraction of sp³-hybridized carbons (Fsp3) is 0.750. The fourth-order valence-electron chi connectivity index (χ4n) is 0.305. The van der Waals surface area contributed by atoms with Crippen LogP contribution in [0.5, 0.6) is 0 Å². The van der Waals surface area contributed by atoms with Gasteiger partial charge >= 0.3 is 0 Å². The van der Waals surface area contributed by atoms with E-state index in [0.29, 0.717) is 0 Å². The molecular formula is C4H9F2N3. The first-order chi connectivity index (χ1) is 4.04. The van der Waals surface area contributed by atoms with Crippen molar-refractivity contribution in [1.82, 2.24) is 4.90 Å². The smallest absolute Gasteiger partial charge is 0.255 e. The molecule has 0 amide bonds. The van der Waals surface area contributed by atoms with Gasteiger partial charge in [-0.1, -0.05) is 0 Å². The monoisotopic (exact) mass is 137 g/mol. The lowest BCUT2D eigenvalue weighted by atomic mass is 10.6. The van der Waals surface area contributed by atoms with Crippen LogP contribution in [0, 0.1) is 5.41 Å². The maximum Gasteiger partial charge on any atom is 0.255 e. The van der Waals surface area contributed by atoms with Crippen molar-refractivity contribution in [3.05, 3.63) is 0 Å². The van der Waals surface area contributed by atoms with Gasteiger partial charge in [-0.15, -0.1) is 0 Å². The number of halogens is 2. The molecule has 0 aromatic rings. The van der Waals surface area contributed by atoms with E-state index in [-0.39, 0.29) is 5.96 Å². The molecule has 5 heteroatoms. The molecule has 0 saturated heterocycles. The summed E-state index contributed by atoms with van der Waals surface area (Å²) in [5, 5.41) is 6.66. The number of nitrogens with one attached hydrogen (secondary N) is 1. The molecule has 54 valence electrons. The second-order valence-corrected chi connectivity index (χ2v) is 1.66. The molecule has 0 spiro atoms. The maximum absolute atomic E-state index is 11.5. The number of guanidine groups is 1. The summed E-state index contributed by atoms with van der Waals surface area (Å²) in [4.78, 5) is 0.977. The highest BCUT2D eigenvalue weighted by molar-refractivity contribution is 5.74. The van der Waals surface area contributed by atoms with Gasteiger partial charge < -0.3 is 10.6 Å². The van der Waals surface area contributed by atoms with E-state index in [0.717, 1.165) is 4.90 Å². The zero-order valence-corrected chi connectivity index (χ0v) is 5.06. The van der Waals surface area contributed by atoms with Gasteiger partial charge in [0.05, 0.1) is 6.54 Å². The van der Waals surface area contributed by atoms with E-state index in [1.807, 2.05) is 0 Å². The summed E-state index contributed by atoms with van der Waals surface area (Å²) in [5.74, 6) is -0.338. The Kier molecular flexibility index (Phi) is 2.90. The van der Waals surface area contributed by atoms with Crippen molar-refractivity contribution < 1.29 is 8.78 Å². The Balaban J connectivity index is 3.50. The Bertz CT molecular complexity index is 104. The molecule has 0 bridgehead atoms. The van der Waals surface area contributed by atoms with Crippen molar-refractivity contribution in [2.24, 2.45) is 5.73 Å². The van der Waals surface area contributed by atoms with Crippen LogP contribution < -0.4 is 5.73 Å². The molecule has 0 aromatic carbocycles. The maximum atomic E-state index is 11.5. The first-order valence-electron chi connectivity index (χ1n) is 2.37. The lowest BCUT2D eigenvalue weighted by Gasteiger charge is -2.14. The largest absolute Gasteiger partial charge is 0.370 e. The molecule has 0 unspecified atom stereocenters. The SMILES string of the molecule is CN(CC(F)F)C(=N)N. The Morgan fingerprint density at radius 3 is 2.33 bits per heavy atom. The summed E-state index contributed by atoms with van der Waals surface area (Å²) in [6, 6.07) is 0. The molecule has 3 N–H and O–H groups in total. The zero-order valence-electron chi connectivity index (χ0n) is 5.06. The van der Waals surface area contributed by atoms with Gasteiger partial charge in [0.1, 0.15) is 0 Å². The van der Waals surface area contributed by atoms with Gasteiger partial charge in [-0.05, 0) is 0 Å². The first-order valence-corrected chi connectivity index (χ1v) is 2.37. The number of nitrogens with zero attached hydrogens (tertiary/aromatic N) is 1. The van der Waals surface area contributed by atoms with Crippen LogP contribution >= 0.6 is 0 Å². The molecule has 0 rings (SSSR count). The molecule has 0 aliphatic heterocycles. The van der Waals surface area contributed by atoms with Crippen molar-refractivity contribution in [2.45, 2.75) is 6.43 Å². The summed E-state index contributed by atoms with van der Waals surface area (Å²) in [6.45, 7) is -0.477. The van der Waals surface area contributed by atoms with Gasteiger partial charge in [-0.25, -0.2) is 8.78 Å². The predicted octanol–water partition coefficient (Wildman–Crippen LogP) is 0.0768. The quantitative estimate of drug-likeness (QED) is 0.418. The lowest BCUT2D eigenvalue weighted by molar-refractivity contribution is 0.123. The Labute approximate surface area is 52.0 Å². The molecule has 9 heavy (non-hydrogen) atoms. The van der Waals surface area contributed by atoms with Crippen LogP contribution in [0.4, 0.5) is 8.78 Å². The minimum Gasteiger partial charge on any atom is -0.370 e. The summed E-state index contributed by atoms with van der Waals surface area (Å²) < 4.78 is 22.9. The summed E-state index contributed by atoms with van der Waals surface area (Å²) >= 11 is 0. The van der Waals surface area contributed by atoms with Crippen molar-refractivity contribution in [3.63, 3.8) is 0 Å². The zero-order chi connectivity index (χ0) is 7.44. The van der Waals surface area contributed by atoms with Crippen LogP contribution in [-0.2, 0) is 0 Å². The molecular weight excluding hydrogens is 128 g/mol. The third kappa shape index (κ3) is 3.69. The van der Waals surface area contributed by atoms with Crippen LogP contribution in [0.25, 0.3) is 0 Å². The number of rotatable bonds is 2. The fourth-order valence-corrected chi connectivity index (χ4v) is 0.305. The second kappa shape index (κ2) is 3.21. The number of nitrogens with two attached hydrogens (primary N) is 1. The molecule has 0 atom stereocenters. The number of alkyl halides is 2. The molecule has 0 aliphatic carbocycles. The van der Waals surface area contributed by atoms with E-state index in [2.05, 4.69) is 0 Å².